The molecule has 0 aliphatic carbocycles. The maximum absolute atomic E-state index is 11.3. The standard InChI is InChI=1S/C17H34O2/c1-6-7-8-9-10-15(16(18)19)12-11-14(2)13-17(3,4)5/h14-15H,6-13H2,1-5H3,(H,18,19). The quantitative estimate of drug-likeness (QED) is 0.531. The first kappa shape index (κ1) is 18.5. The van der Waals surface area contributed by atoms with Gasteiger partial charge in [0.1, 0.15) is 0 Å². The van der Waals surface area contributed by atoms with Gasteiger partial charge in [-0.25, -0.2) is 0 Å². The van der Waals surface area contributed by atoms with E-state index in [1.165, 1.54) is 25.7 Å². The number of aliphatic carboxylic acids is 1. The fourth-order valence-corrected chi connectivity index (χ4v) is 2.84. The Hall–Kier alpha value is -0.530. The number of unbranched alkanes of at least 4 members (excludes halogenated alkanes) is 3. The molecule has 1 N–H and O–H groups in total. The van der Waals surface area contributed by atoms with Crippen molar-refractivity contribution in [2.45, 2.75) is 86.0 Å². The summed E-state index contributed by atoms with van der Waals surface area (Å²) < 4.78 is 0. The van der Waals surface area contributed by atoms with Crippen LogP contribution < -0.4 is 0 Å². The van der Waals surface area contributed by atoms with Gasteiger partial charge >= 0.3 is 5.97 Å². The second-order valence-electron chi connectivity index (χ2n) is 7.33. The lowest BCUT2D eigenvalue weighted by Crippen LogP contribution is -2.17. The summed E-state index contributed by atoms with van der Waals surface area (Å²) in [6, 6.07) is 0. The Labute approximate surface area is 120 Å². The first-order valence-corrected chi connectivity index (χ1v) is 7.99. The van der Waals surface area contributed by atoms with E-state index < -0.39 is 5.97 Å². The molecule has 19 heavy (non-hydrogen) atoms. The molecular weight excluding hydrogens is 236 g/mol. The smallest absolute Gasteiger partial charge is 0.306 e. The molecule has 114 valence electrons. The number of carboxylic acid groups (broad SMARTS) is 1. The van der Waals surface area contributed by atoms with Gasteiger partial charge < -0.3 is 5.11 Å². The monoisotopic (exact) mass is 270 g/mol. The Morgan fingerprint density at radius 2 is 1.68 bits per heavy atom. The van der Waals surface area contributed by atoms with Gasteiger partial charge in [0.15, 0.2) is 0 Å². The lowest BCUT2D eigenvalue weighted by molar-refractivity contribution is -0.142. The predicted molar refractivity (Wildman–Crippen MR) is 82.4 cm³/mol. The molecule has 0 aromatic rings. The van der Waals surface area contributed by atoms with Crippen LogP contribution in [0.5, 0.6) is 0 Å². The van der Waals surface area contributed by atoms with Gasteiger partial charge in [-0.3, -0.25) is 4.79 Å². The Morgan fingerprint density at radius 3 is 2.16 bits per heavy atom. The van der Waals surface area contributed by atoms with Gasteiger partial charge in [0.2, 0.25) is 0 Å². The van der Waals surface area contributed by atoms with Crippen LogP contribution in [0.2, 0.25) is 0 Å². The van der Waals surface area contributed by atoms with Crippen molar-refractivity contribution < 1.29 is 9.90 Å². The third kappa shape index (κ3) is 11.0. The fraction of sp³-hybridized carbons (Fsp3) is 0.941. The highest BCUT2D eigenvalue weighted by Crippen LogP contribution is 2.28. The molecule has 0 radical (unpaired) electrons. The van der Waals surface area contributed by atoms with Gasteiger partial charge in [-0.15, -0.1) is 0 Å². The van der Waals surface area contributed by atoms with Crippen molar-refractivity contribution in [1.82, 2.24) is 0 Å². The zero-order valence-electron chi connectivity index (χ0n) is 13.7. The molecule has 0 aromatic heterocycles. The third-order valence-electron chi connectivity index (χ3n) is 3.72. The highest BCUT2D eigenvalue weighted by molar-refractivity contribution is 5.69. The Bertz CT molecular complexity index is 240. The van der Waals surface area contributed by atoms with Crippen LogP contribution in [-0.2, 0) is 4.79 Å². The van der Waals surface area contributed by atoms with Gasteiger partial charge in [0, 0.05) is 0 Å². The van der Waals surface area contributed by atoms with Crippen molar-refractivity contribution in [3.05, 3.63) is 0 Å². The molecule has 0 fully saturated rings. The minimum atomic E-state index is -0.598. The molecule has 0 saturated heterocycles. The molecule has 0 amide bonds. The van der Waals surface area contributed by atoms with E-state index in [9.17, 15) is 9.90 Å². The van der Waals surface area contributed by atoms with Crippen LogP contribution in [0.15, 0.2) is 0 Å². The van der Waals surface area contributed by atoms with E-state index in [0.29, 0.717) is 11.3 Å². The molecular formula is C17H34O2. The predicted octanol–water partition coefficient (Wildman–Crippen LogP) is 5.51. The summed E-state index contributed by atoms with van der Waals surface area (Å²) >= 11 is 0. The summed E-state index contributed by atoms with van der Waals surface area (Å²) in [5.41, 5.74) is 0.346. The normalized spacial score (nSPS) is 15.2. The summed E-state index contributed by atoms with van der Waals surface area (Å²) in [7, 11) is 0. The average molecular weight is 270 g/mol. The molecule has 0 aliphatic rings. The zero-order chi connectivity index (χ0) is 14.9. The van der Waals surface area contributed by atoms with Crippen LogP contribution in [0.25, 0.3) is 0 Å². The Morgan fingerprint density at radius 1 is 1.05 bits per heavy atom. The van der Waals surface area contributed by atoms with Crippen LogP contribution in [0.1, 0.15) is 86.0 Å². The van der Waals surface area contributed by atoms with Crippen molar-refractivity contribution in [1.29, 1.82) is 0 Å². The maximum Gasteiger partial charge on any atom is 0.306 e. The molecule has 2 atom stereocenters. The number of carboxylic acids is 1. The average Bonchev–Trinajstić information content (AvgIpc) is 2.25. The second-order valence-corrected chi connectivity index (χ2v) is 7.33. The van der Waals surface area contributed by atoms with E-state index in [4.69, 9.17) is 0 Å². The van der Waals surface area contributed by atoms with E-state index in [1.54, 1.807) is 0 Å². The SMILES string of the molecule is CCCCCCC(CCC(C)CC(C)(C)C)C(=O)O. The minimum Gasteiger partial charge on any atom is -0.481 e. The summed E-state index contributed by atoms with van der Waals surface area (Å²) in [6.45, 7) is 11.2. The molecule has 0 rings (SSSR count). The Balaban J connectivity index is 3.97. The second kappa shape index (κ2) is 9.39. The topological polar surface area (TPSA) is 37.3 Å². The summed E-state index contributed by atoms with van der Waals surface area (Å²) in [5.74, 6) is -0.101. The maximum atomic E-state index is 11.3. The van der Waals surface area contributed by atoms with Gasteiger partial charge in [-0.05, 0) is 37.0 Å². The summed E-state index contributed by atoms with van der Waals surface area (Å²) in [4.78, 5) is 11.3. The minimum absolute atomic E-state index is 0.126. The molecule has 2 nitrogen and oxygen atoms in total. The van der Waals surface area contributed by atoms with E-state index in [-0.39, 0.29) is 5.92 Å². The summed E-state index contributed by atoms with van der Waals surface area (Å²) in [5, 5.41) is 9.28. The van der Waals surface area contributed by atoms with Crippen molar-refractivity contribution >= 4 is 5.97 Å². The lowest BCUT2D eigenvalue weighted by atomic mass is 9.82. The third-order valence-corrected chi connectivity index (χ3v) is 3.72. The number of rotatable bonds is 10. The first-order valence-electron chi connectivity index (χ1n) is 7.99. The van der Waals surface area contributed by atoms with Crippen LogP contribution in [0.4, 0.5) is 0 Å². The van der Waals surface area contributed by atoms with Crippen molar-refractivity contribution in [2.24, 2.45) is 17.3 Å². The summed E-state index contributed by atoms with van der Waals surface area (Å²) in [6.07, 6.45) is 8.61. The van der Waals surface area contributed by atoms with Crippen molar-refractivity contribution in [2.75, 3.05) is 0 Å². The fourth-order valence-electron chi connectivity index (χ4n) is 2.84. The van der Waals surface area contributed by atoms with E-state index >= 15 is 0 Å². The van der Waals surface area contributed by atoms with Crippen LogP contribution in [0.3, 0.4) is 0 Å². The first-order chi connectivity index (χ1) is 8.76. The molecule has 2 unspecified atom stereocenters. The van der Waals surface area contributed by atoms with Gasteiger partial charge in [0.25, 0.3) is 0 Å². The molecule has 0 aromatic carbocycles. The van der Waals surface area contributed by atoms with E-state index in [2.05, 4.69) is 34.6 Å². The van der Waals surface area contributed by atoms with Gasteiger partial charge in [-0.1, -0.05) is 60.3 Å². The van der Waals surface area contributed by atoms with Gasteiger partial charge in [0.05, 0.1) is 5.92 Å². The highest BCUT2D eigenvalue weighted by Gasteiger charge is 2.20. The molecule has 0 saturated carbocycles. The number of hydrogen-bond acceptors (Lipinski definition) is 1. The largest absolute Gasteiger partial charge is 0.481 e. The van der Waals surface area contributed by atoms with E-state index in [1.807, 2.05) is 0 Å². The molecule has 0 bridgehead atoms. The molecule has 2 heteroatoms. The molecule has 0 aliphatic heterocycles. The lowest BCUT2D eigenvalue weighted by Gasteiger charge is -2.24. The molecule has 0 spiro atoms. The van der Waals surface area contributed by atoms with Crippen LogP contribution >= 0.6 is 0 Å². The number of carbonyl (C=O) groups is 1. The number of hydrogen-bond donors (Lipinski definition) is 1. The van der Waals surface area contributed by atoms with E-state index in [0.717, 1.165) is 25.7 Å². The van der Waals surface area contributed by atoms with Crippen molar-refractivity contribution in [3.8, 4) is 0 Å². The highest BCUT2D eigenvalue weighted by atomic mass is 16.4. The zero-order valence-corrected chi connectivity index (χ0v) is 13.7. The van der Waals surface area contributed by atoms with Crippen LogP contribution in [-0.4, -0.2) is 11.1 Å². The van der Waals surface area contributed by atoms with Crippen molar-refractivity contribution in [3.63, 3.8) is 0 Å². The van der Waals surface area contributed by atoms with Crippen LogP contribution in [0, 0.1) is 17.3 Å². The van der Waals surface area contributed by atoms with Gasteiger partial charge in [-0.2, -0.15) is 0 Å². The Kier molecular flexibility index (Phi) is 9.12. The molecule has 0 heterocycles.